The van der Waals surface area contributed by atoms with Crippen molar-refractivity contribution >= 4 is 39.3 Å². The van der Waals surface area contributed by atoms with Gasteiger partial charge in [-0.1, -0.05) is 45.4 Å². The van der Waals surface area contributed by atoms with Crippen LogP contribution in [0.2, 0.25) is 0 Å². The first-order chi connectivity index (χ1) is 14.6. The largest absolute Gasteiger partial charge is 0.325 e. The van der Waals surface area contributed by atoms with E-state index in [1.165, 1.54) is 17.3 Å². The molecule has 0 aliphatic rings. The van der Waals surface area contributed by atoms with Crippen LogP contribution in [-0.4, -0.2) is 31.4 Å². The lowest BCUT2D eigenvalue weighted by atomic mass is 10.2. The van der Waals surface area contributed by atoms with Crippen LogP contribution in [0.1, 0.15) is 5.56 Å². The van der Waals surface area contributed by atoms with E-state index in [9.17, 15) is 4.79 Å². The molecule has 6 nitrogen and oxygen atoms in total. The zero-order chi connectivity index (χ0) is 20.9. The standard InChI is InChI=1S/C22H18BrN5OS/c1-15-2-8-19(9-3-15)28-21(16-10-12-24-13-11-16)26-27-22(28)30-14-20(29)25-18-6-4-17(23)5-7-18/h2-13H,14H2,1H3,(H,25,29). The molecule has 0 saturated carbocycles. The molecule has 0 aliphatic carbocycles. The molecule has 150 valence electrons. The minimum atomic E-state index is -0.105. The van der Waals surface area contributed by atoms with Crippen LogP contribution in [-0.2, 0) is 4.79 Å². The molecule has 2 heterocycles. The van der Waals surface area contributed by atoms with Gasteiger partial charge in [-0.25, -0.2) is 0 Å². The van der Waals surface area contributed by atoms with Crippen LogP contribution >= 0.6 is 27.7 Å². The third kappa shape index (κ3) is 4.77. The molecular weight excluding hydrogens is 462 g/mol. The number of nitrogens with zero attached hydrogens (tertiary/aromatic N) is 4. The fourth-order valence-corrected chi connectivity index (χ4v) is 3.85. The van der Waals surface area contributed by atoms with E-state index in [0.717, 1.165) is 21.4 Å². The van der Waals surface area contributed by atoms with E-state index in [0.29, 0.717) is 11.0 Å². The van der Waals surface area contributed by atoms with Crippen molar-refractivity contribution in [2.24, 2.45) is 0 Å². The van der Waals surface area contributed by atoms with Crippen molar-refractivity contribution in [1.82, 2.24) is 19.7 Å². The minimum Gasteiger partial charge on any atom is -0.325 e. The highest BCUT2D eigenvalue weighted by atomic mass is 79.9. The number of pyridine rings is 1. The Bertz CT molecular complexity index is 1140. The second-order valence-corrected chi connectivity index (χ2v) is 8.41. The second kappa shape index (κ2) is 9.23. The molecule has 1 N–H and O–H groups in total. The number of anilines is 1. The van der Waals surface area contributed by atoms with Gasteiger partial charge >= 0.3 is 0 Å². The smallest absolute Gasteiger partial charge is 0.234 e. The summed E-state index contributed by atoms with van der Waals surface area (Å²) in [6.07, 6.45) is 3.45. The lowest BCUT2D eigenvalue weighted by molar-refractivity contribution is -0.113. The van der Waals surface area contributed by atoms with Gasteiger partial charge in [0, 0.05) is 33.8 Å². The molecule has 0 radical (unpaired) electrons. The summed E-state index contributed by atoms with van der Waals surface area (Å²) in [4.78, 5) is 16.5. The van der Waals surface area contributed by atoms with Crippen LogP contribution in [0.3, 0.4) is 0 Å². The maximum atomic E-state index is 12.4. The number of aryl methyl sites for hydroxylation is 1. The number of halogens is 1. The number of rotatable bonds is 6. The Hall–Kier alpha value is -2.97. The summed E-state index contributed by atoms with van der Waals surface area (Å²) in [5.41, 5.74) is 3.76. The highest BCUT2D eigenvalue weighted by molar-refractivity contribution is 9.10. The van der Waals surface area contributed by atoms with Crippen molar-refractivity contribution in [2.45, 2.75) is 12.1 Å². The molecule has 0 fully saturated rings. The molecule has 8 heteroatoms. The molecule has 30 heavy (non-hydrogen) atoms. The van der Waals surface area contributed by atoms with Gasteiger partial charge < -0.3 is 5.32 Å². The quantitative estimate of drug-likeness (QED) is 0.388. The van der Waals surface area contributed by atoms with E-state index in [2.05, 4.69) is 36.4 Å². The van der Waals surface area contributed by atoms with Gasteiger partial charge in [-0.05, 0) is 55.5 Å². The van der Waals surface area contributed by atoms with Crippen molar-refractivity contribution in [3.8, 4) is 17.1 Å². The van der Waals surface area contributed by atoms with Crippen LogP contribution in [0.25, 0.3) is 17.1 Å². The van der Waals surface area contributed by atoms with Gasteiger partial charge in [0.25, 0.3) is 0 Å². The Morgan fingerprint density at radius 1 is 1.00 bits per heavy atom. The number of carbonyl (C=O) groups excluding carboxylic acids is 1. The molecule has 0 atom stereocenters. The number of thioether (sulfide) groups is 1. The highest BCUT2D eigenvalue weighted by Gasteiger charge is 2.17. The lowest BCUT2D eigenvalue weighted by Gasteiger charge is -2.11. The zero-order valence-corrected chi connectivity index (χ0v) is 18.5. The number of amides is 1. The van der Waals surface area contributed by atoms with Gasteiger partial charge in [0.05, 0.1) is 5.75 Å². The molecule has 1 amide bonds. The van der Waals surface area contributed by atoms with Gasteiger partial charge in [-0.3, -0.25) is 14.3 Å². The van der Waals surface area contributed by atoms with Crippen molar-refractivity contribution < 1.29 is 4.79 Å². The van der Waals surface area contributed by atoms with Crippen molar-refractivity contribution in [3.05, 3.63) is 83.1 Å². The summed E-state index contributed by atoms with van der Waals surface area (Å²) in [5.74, 6) is 0.819. The summed E-state index contributed by atoms with van der Waals surface area (Å²) >= 11 is 4.73. The summed E-state index contributed by atoms with van der Waals surface area (Å²) < 4.78 is 2.93. The van der Waals surface area contributed by atoms with E-state index in [4.69, 9.17) is 0 Å². The van der Waals surface area contributed by atoms with E-state index in [-0.39, 0.29) is 11.7 Å². The minimum absolute atomic E-state index is 0.105. The summed E-state index contributed by atoms with van der Waals surface area (Å²) in [7, 11) is 0. The van der Waals surface area contributed by atoms with E-state index < -0.39 is 0 Å². The summed E-state index contributed by atoms with van der Waals surface area (Å²) in [6, 6.07) is 19.4. The van der Waals surface area contributed by atoms with Crippen LogP contribution in [0.4, 0.5) is 5.69 Å². The molecule has 0 saturated heterocycles. The number of nitrogens with one attached hydrogen (secondary N) is 1. The topological polar surface area (TPSA) is 72.7 Å². The predicted molar refractivity (Wildman–Crippen MR) is 123 cm³/mol. The van der Waals surface area contributed by atoms with Gasteiger partial charge in [0.15, 0.2) is 11.0 Å². The molecule has 0 bridgehead atoms. The summed E-state index contributed by atoms with van der Waals surface area (Å²) in [5, 5.41) is 12.3. The fraction of sp³-hybridized carbons (Fsp3) is 0.0909. The van der Waals surface area contributed by atoms with E-state index >= 15 is 0 Å². The Labute approximate surface area is 186 Å². The molecule has 0 unspecified atom stereocenters. The van der Waals surface area contributed by atoms with Crippen LogP contribution < -0.4 is 5.32 Å². The monoisotopic (exact) mass is 479 g/mol. The second-order valence-electron chi connectivity index (χ2n) is 6.56. The van der Waals surface area contributed by atoms with E-state index in [1.807, 2.05) is 72.2 Å². The fourth-order valence-electron chi connectivity index (χ4n) is 2.84. The highest BCUT2D eigenvalue weighted by Crippen LogP contribution is 2.28. The number of benzene rings is 2. The molecule has 4 aromatic rings. The molecular formula is C22H18BrN5OS. The first kappa shape index (κ1) is 20.3. The molecule has 2 aromatic heterocycles. The van der Waals surface area contributed by atoms with Crippen LogP contribution in [0.5, 0.6) is 0 Å². The Balaban J connectivity index is 1.58. The average molecular weight is 480 g/mol. The Kier molecular flexibility index (Phi) is 6.25. The molecule has 0 aliphatic heterocycles. The van der Waals surface area contributed by atoms with Crippen molar-refractivity contribution in [3.63, 3.8) is 0 Å². The maximum absolute atomic E-state index is 12.4. The number of carbonyl (C=O) groups is 1. The average Bonchev–Trinajstić information content (AvgIpc) is 3.19. The Morgan fingerprint density at radius 2 is 1.70 bits per heavy atom. The number of hydrogen-bond donors (Lipinski definition) is 1. The van der Waals surface area contributed by atoms with Gasteiger partial charge in [-0.15, -0.1) is 10.2 Å². The third-order valence-electron chi connectivity index (χ3n) is 4.32. The third-order valence-corrected chi connectivity index (χ3v) is 5.78. The number of aromatic nitrogens is 4. The van der Waals surface area contributed by atoms with E-state index in [1.54, 1.807) is 12.4 Å². The van der Waals surface area contributed by atoms with Gasteiger partial charge in [0.1, 0.15) is 0 Å². The normalized spacial score (nSPS) is 10.7. The zero-order valence-electron chi connectivity index (χ0n) is 16.1. The molecule has 0 spiro atoms. The molecule has 2 aromatic carbocycles. The van der Waals surface area contributed by atoms with Crippen molar-refractivity contribution in [2.75, 3.05) is 11.1 Å². The lowest BCUT2D eigenvalue weighted by Crippen LogP contribution is -2.14. The number of hydrogen-bond acceptors (Lipinski definition) is 5. The predicted octanol–water partition coefficient (Wildman–Crippen LogP) is 5.13. The maximum Gasteiger partial charge on any atom is 0.234 e. The van der Waals surface area contributed by atoms with Gasteiger partial charge in [-0.2, -0.15) is 0 Å². The first-order valence-corrected chi connectivity index (χ1v) is 11.0. The first-order valence-electron chi connectivity index (χ1n) is 9.21. The van der Waals surface area contributed by atoms with Crippen LogP contribution in [0, 0.1) is 6.92 Å². The Morgan fingerprint density at radius 3 is 2.40 bits per heavy atom. The summed E-state index contributed by atoms with van der Waals surface area (Å²) in [6.45, 7) is 2.04. The van der Waals surface area contributed by atoms with Crippen molar-refractivity contribution in [1.29, 1.82) is 0 Å². The van der Waals surface area contributed by atoms with Crippen LogP contribution in [0.15, 0.2) is 82.7 Å². The van der Waals surface area contributed by atoms with Gasteiger partial charge in [0.2, 0.25) is 5.91 Å². The molecule has 4 rings (SSSR count). The SMILES string of the molecule is Cc1ccc(-n2c(SCC(=O)Nc3ccc(Br)cc3)nnc2-c2ccncc2)cc1.